The molecular weight excluding hydrogens is 416 g/mol. The van der Waals surface area contributed by atoms with Gasteiger partial charge in [-0.2, -0.15) is 4.98 Å². The second kappa shape index (κ2) is 6.89. The van der Waals surface area contributed by atoms with Crippen LogP contribution in [0.4, 0.5) is 5.95 Å². The van der Waals surface area contributed by atoms with Gasteiger partial charge in [-0.15, -0.1) is 16.4 Å². The highest BCUT2D eigenvalue weighted by Crippen LogP contribution is 2.29. The highest BCUT2D eigenvalue weighted by Gasteiger charge is 2.17. The Kier molecular flexibility index (Phi) is 4.44. The molecule has 0 spiro atoms. The maximum absolute atomic E-state index is 12.5. The summed E-state index contributed by atoms with van der Waals surface area (Å²) in [5.74, 6) is 0.511. The zero-order valence-electron chi connectivity index (χ0n) is 13.6. The fourth-order valence-electron chi connectivity index (χ4n) is 2.58. The number of nitrogens with one attached hydrogen (secondary N) is 1. The minimum Gasteiger partial charge on any atom is -0.493 e. The average Bonchev–Trinajstić information content (AvgIpc) is 3.30. The average molecular weight is 429 g/mol. The van der Waals surface area contributed by atoms with Gasteiger partial charge in [0.05, 0.1) is 23.2 Å². The SMILES string of the molecule is COc1ccc(-c2cccs2)n2nc(NC(=O)c3ccccc3Br)nc12. The molecule has 0 atom stereocenters. The number of fused-ring (bicyclic) bond motifs is 1. The molecule has 1 N–H and O–H groups in total. The Balaban J connectivity index is 1.76. The van der Waals surface area contributed by atoms with Gasteiger partial charge in [-0.1, -0.05) is 18.2 Å². The van der Waals surface area contributed by atoms with Gasteiger partial charge in [0.2, 0.25) is 5.95 Å². The van der Waals surface area contributed by atoms with E-state index in [9.17, 15) is 4.79 Å². The number of hydrogen-bond donors (Lipinski definition) is 1. The zero-order valence-corrected chi connectivity index (χ0v) is 16.0. The van der Waals surface area contributed by atoms with Crippen molar-refractivity contribution >= 4 is 44.8 Å². The predicted molar refractivity (Wildman–Crippen MR) is 105 cm³/mol. The van der Waals surface area contributed by atoms with Crippen LogP contribution in [-0.4, -0.2) is 27.6 Å². The Hall–Kier alpha value is -2.71. The van der Waals surface area contributed by atoms with E-state index in [-0.39, 0.29) is 11.9 Å². The van der Waals surface area contributed by atoms with Crippen LogP contribution in [-0.2, 0) is 0 Å². The molecule has 4 aromatic rings. The molecule has 3 heterocycles. The van der Waals surface area contributed by atoms with Crippen LogP contribution in [0.15, 0.2) is 58.4 Å². The number of rotatable bonds is 4. The molecule has 0 unspecified atom stereocenters. The molecule has 0 aliphatic heterocycles. The summed E-state index contributed by atoms with van der Waals surface area (Å²) in [5, 5.41) is 9.20. The lowest BCUT2D eigenvalue weighted by Gasteiger charge is -2.05. The number of carbonyl (C=O) groups is 1. The van der Waals surface area contributed by atoms with Gasteiger partial charge in [0.1, 0.15) is 0 Å². The van der Waals surface area contributed by atoms with Crippen LogP contribution in [0.25, 0.3) is 16.2 Å². The lowest BCUT2D eigenvalue weighted by Crippen LogP contribution is -2.13. The first-order valence-electron chi connectivity index (χ1n) is 7.71. The number of aromatic nitrogens is 3. The maximum atomic E-state index is 12.5. The molecule has 0 bridgehead atoms. The summed E-state index contributed by atoms with van der Waals surface area (Å²) in [6, 6.07) is 14.9. The van der Waals surface area contributed by atoms with E-state index in [2.05, 4.69) is 31.3 Å². The number of amides is 1. The van der Waals surface area contributed by atoms with Crippen molar-refractivity contribution in [1.82, 2.24) is 14.6 Å². The molecule has 0 aliphatic carbocycles. The molecule has 0 fully saturated rings. The second-order valence-corrected chi connectivity index (χ2v) is 7.17. The minimum atomic E-state index is -0.287. The van der Waals surface area contributed by atoms with Crippen molar-refractivity contribution in [3.63, 3.8) is 0 Å². The zero-order chi connectivity index (χ0) is 18.1. The number of nitrogens with zero attached hydrogens (tertiary/aromatic N) is 3. The standard InChI is InChI=1S/C18H13BrN4O2S/c1-25-14-9-8-13(15-7-4-10-26-15)23-16(14)20-18(22-23)21-17(24)11-5-2-3-6-12(11)19/h2-10H,1H3,(H,21,22,24). The monoisotopic (exact) mass is 428 g/mol. The number of anilines is 1. The molecule has 0 aliphatic rings. The fourth-order valence-corrected chi connectivity index (χ4v) is 3.78. The second-order valence-electron chi connectivity index (χ2n) is 5.37. The van der Waals surface area contributed by atoms with Crippen molar-refractivity contribution in [1.29, 1.82) is 0 Å². The molecule has 1 amide bonds. The van der Waals surface area contributed by atoms with Crippen LogP contribution in [0.5, 0.6) is 5.75 Å². The lowest BCUT2D eigenvalue weighted by atomic mass is 10.2. The Labute approximate surface area is 161 Å². The van der Waals surface area contributed by atoms with Gasteiger partial charge in [0.15, 0.2) is 11.4 Å². The van der Waals surface area contributed by atoms with Crippen molar-refractivity contribution in [3.8, 4) is 16.3 Å². The number of carbonyl (C=O) groups excluding carboxylic acids is 1. The van der Waals surface area contributed by atoms with Crippen molar-refractivity contribution in [3.05, 3.63) is 63.9 Å². The Bertz CT molecular complexity index is 1090. The first-order valence-corrected chi connectivity index (χ1v) is 9.38. The van der Waals surface area contributed by atoms with E-state index in [4.69, 9.17) is 4.74 Å². The molecule has 0 radical (unpaired) electrons. The molecule has 0 saturated heterocycles. The Morgan fingerprint density at radius 3 is 2.77 bits per heavy atom. The number of ether oxygens (including phenoxy) is 1. The Morgan fingerprint density at radius 2 is 2.04 bits per heavy atom. The molecule has 0 saturated carbocycles. The van der Waals surface area contributed by atoms with E-state index in [1.165, 1.54) is 0 Å². The topological polar surface area (TPSA) is 68.5 Å². The molecule has 3 aromatic heterocycles. The highest BCUT2D eigenvalue weighted by atomic mass is 79.9. The van der Waals surface area contributed by atoms with Crippen LogP contribution >= 0.6 is 27.3 Å². The van der Waals surface area contributed by atoms with Gasteiger partial charge in [0.25, 0.3) is 5.91 Å². The first-order chi connectivity index (χ1) is 12.7. The molecule has 26 heavy (non-hydrogen) atoms. The van der Waals surface area contributed by atoms with E-state index in [0.29, 0.717) is 21.4 Å². The van der Waals surface area contributed by atoms with Crippen LogP contribution in [0.3, 0.4) is 0 Å². The summed E-state index contributed by atoms with van der Waals surface area (Å²) in [6.45, 7) is 0. The molecule has 4 rings (SSSR count). The van der Waals surface area contributed by atoms with Gasteiger partial charge in [-0.05, 0) is 51.6 Å². The number of pyridine rings is 1. The van der Waals surface area contributed by atoms with Gasteiger partial charge in [-0.3, -0.25) is 10.1 Å². The number of hydrogen-bond acceptors (Lipinski definition) is 5. The largest absolute Gasteiger partial charge is 0.493 e. The third-order valence-electron chi connectivity index (χ3n) is 3.79. The number of benzene rings is 1. The quantitative estimate of drug-likeness (QED) is 0.520. The first kappa shape index (κ1) is 16.7. The van der Waals surface area contributed by atoms with E-state index < -0.39 is 0 Å². The van der Waals surface area contributed by atoms with Crippen LogP contribution < -0.4 is 10.1 Å². The van der Waals surface area contributed by atoms with Gasteiger partial charge >= 0.3 is 0 Å². The summed E-state index contributed by atoms with van der Waals surface area (Å²) in [4.78, 5) is 18.0. The third-order valence-corrected chi connectivity index (χ3v) is 5.37. The van der Waals surface area contributed by atoms with E-state index in [0.717, 1.165) is 10.6 Å². The van der Waals surface area contributed by atoms with E-state index in [1.54, 1.807) is 35.1 Å². The van der Waals surface area contributed by atoms with Crippen molar-refractivity contribution < 1.29 is 9.53 Å². The van der Waals surface area contributed by atoms with Gasteiger partial charge in [0, 0.05) is 4.47 Å². The molecule has 6 nitrogen and oxygen atoms in total. The normalized spacial score (nSPS) is 10.8. The maximum Gasteiger partial charge on any atom is 0.259 e. The van der Waals surface area contributed by atoms with Crippen molar-refractivity contribution in [2.45, 2.75) is 0 Å². The molecular formula is C18H13BrN4O2S. The summed E-state index contributed by atoms with van der Waals surface area (Å²) in [6.07, 6.45) is 0. The van der Waals surface area contributed by atoms with Crippen molar-refractivity contribution in [2.24, 2.45) is 0 Å². The number of thiophene rings is 1. The van der Waals surface area contributed by atoms with Crippen LogP contribution in [0.2, 0.25) is 0 Å². The van der Waals surface area contributed by atoms with Crippen LogP contribution in [0.1, 0.15) is 10.4 Å². The summed E-state index contributed by atoms with van der Waals surface area (Å²) < 4.78 is 7.77. The smallest absolute Gasteiger partial charge is 0.259 e. The fraction of sp³-hybridized carbons (Fsp3) is 0.0556. The van der Waals surface area contributed by atoms with Crippen molar-refractivity contribution in [2.75, 3.05) is 12.4 Å². The van der Waals surface area contributed by atoms with Gasteiger partial charge in [-0.25, -0.2) is 4.52 Å². The molecule has 1 aromatic carbocycles. The van der Waals surface area contributed by atoms with Gasteiger partial charge < -0.3 is 4.74 Å². The number of halogens is 1. The summed E-state index contributed by atoms with van der Waals surface area (Å²) >= 11 is 4.98. The Morgan fingerprint density at radius 1 is 1.19 bits per heavy atom. The lowest BCUT2D eigenvalue weighted by molar-refractivity contribution is 0.102. The third kappa shape index (κ3) is 2.97. The van der Waals surface area contributed by atoms with Crippen LogP contribution in [0, 0.1) is 0 Å². The predicted octanol–water partition coefficient (Wildman–Crippen LogP) is 4.48. The number of methoxy groups -OCH3 is 1. The van der Waals surface area contributed by atoms with E-state index in [1.807, 2.05) is 41.8 Å². The van der Waals surface area contributed by atoms with E-state index >= 15 is 0 Å². The molecule has 8 heteroatoms. The molecule has 130 valence electrons. The summed E-state index contributed by atoms with van der Waals surface area (Å²) in [5.41, 5.74) is 1.93. The summed E-state index contributed by atoms with van der Waals surface area (Å²) in [7, 11) is 1.58. The minimum absolute atomic E-state index is 0.216. The highest BCUT2D eigenvalue weighted by molar-refractivity contribution is 9.10.